The lowest BCUT2D eigenvalue weighted by Gasteiger charge is -2.26. The molecule has 1 aliphatic carbocycles. The molecule has 0 spiro atoms. The van der Waals surface area contributed by atoms with E-state index in [-0.39, 0.29) is 36.1 Å². The summed E-state index contributed by atoms with van der Waals surface area (Å²) in [6.45, 7) is 1.97. The first-order valence-corrected chi connectivity index (χ1v) is 11.0. The topological polar surface area (TPSA) is 75.1 Å². The van der Waals surface area contributed by atoms with Gasteiger partial charge in [0.1, 0.15) is 5.82 Å². The summed E-state index contributed by atoms with van der Waals surface area (Å²) in [6, 6.07) is 12.4. The summed E-state index contributed by atoms with van der Waals surface area (Å²) >= 11 is 0. The molecule has 4 rings (SSSR count). The largest absolute Gasteiger partial charge is 0.393 e. The fourth-order valence-corrected chi connectivity index (χ4v) is 4.29. The van der Waals surface area contributed by atoms with E-state index in [1.165, 1.54) is 6.07 Å². The zero-order valence-corrected chi connectivity index (χ0v) is 17.7. The molecule has 0 saturated heterocycles. The molecule has 1 heterocycles. The maximum Gasteiger partial charge on any atom is 0.223 e. The third-order valence-electron chi connectivity index (χ3n) is 6.20. The molecule has 1 atom stereocenters. The van der Waals surface area contributed by atoms with Crippen LogP contribution in [0.5, 0.6) is 0 Å². The Morgan fingerprint density at radius 1 is 1.19 bits per heavy atom. The highest BCUT2D eigenvalue weighted by Gasteiger charge is 2.21. The number of anilines is 1. The highest BCUT2D eigenvalue weighted by atomic mass is 19.1. The number of benzene rings is 2. The molecule has 2 aromatic carbocycles. The van der Waals surface area contributed by atoms with E-state index < -0.39 is 0 Å². The van der Waals surface area contributed by atoms with Gasteiger partial charge in [0.05, 0.1) is 11.6 Å². The fraction of sp³-hybridized carbons (Fsp3) is 0.400. The Bertz CT molecular complexity index is 1060. The van der Waals surface area contributed by atoms with E-state index in [1.54, 1.807) is 36.5 Å². The summed E-state index contributed by atoms with van der Waals surface area (Å²) in [5.74, 6) is 0.0932. The molecule has 31 heavy (non-hydrogen) atoms. The number of nitrogens with one attached hydrogen (secondary N) is 1. The van der Waals surface area contributed by atoms with Gasteiger partial charge in [-0.3, -0.25) is 4.79 Å². The minimum atomic E-state index is -0.264. The van der Waals surface area contributed by atoms with Crippen LogP contribution in [0.4, 0.5) is 10.3 Å². The number of ketones is 1. The second kappa shape index (κ2) is 9.52. The standard InChI is InChI=1S/C25H28FN3O2/c1-2-16(21-5-3-4-6-22(21)26)14-24(31)17-7-8-18-15-27-25(29-23(18)13-17)28-19-9-11-20(30)12-10-19/h3-8,13,15-16,19-20,30H,2,9-12,14H2,1H3,(H,27,28,29). The number of carbonyl (C=O) groups excluding carboxylic acids is 1. The van der Waals surface area contributed by atoms with Crippen molar-refractivity contribution in [3.63, 3.8) is 0 Å². The van der Waals surface area contributed by atoms with Crippen LogP contribution >= 0.6 is 0 Å². The van der Waals surface area contributed by atoms with Gasteiger partial charge in [0.15, 0.2) is 5.78 Å². The van der Waals surface area contributed by atoms with Gasteiger partial charge in [-0.2, -0.15) is 0 Å². The van der Waals surface area contributed by atoms with E-state index >= 15 is 0 Å². The molecule has 3 aromatic rings. The molecule has 162 valence electrons. The van der Waals surface area contributed by atoms with Crippen LogP contribution in [-0.2, 0) is 0 Å². The zero-order valence-electron chi connectivity index (χ0n) is 17.7. The van der Waals surface area contributed by atoms with Crippen LogP contribution in [0.2, 0.25) is 0 Å². The van der Waals surface area contributed by atoms with Crippen LogP contribution in [0.15, 0.2) is 48.7 Å². The average Bonchev–Trinajstić information content (AvgIpc) is 2.79. The van der Waals surface area contributed by atoms with Gasteiger partial charge in [-0.1, -0.05) is 37.3 Å². The third-order valence-corrected chi connectivity index (χ3v) is 6.20. The normalized spacial score (nSPS) is 19.8. The quantitative estimate of drug-likeness (QED) is 0.510. The number of hydrogen-bond acceptors (Lipinski definition) is 5. The lowest BCUT2D eigenvalue weighted by Crippen LogP contribution is -2.28. The van der Waals surface area contributed by atoms with E-state index in [4.69, 9.17) is 0 Å². The van der Waals surface area contributed by atoms with Crippen molar-refractivity contribution in [3.05, 3.63) is 65.6 Å². The molecule has 1 fully saturated rings. The predicted octanol–water partition coefficient (Wildman–Crippen LogP) is 5.25. The molecule has 6 heteroatoms. The molecule has 5 nitrogen and oxygen atoms in total. The number of Topliss-reactive ketones (excluding diaryl/α,β-unsaturated/α-hetero) is 1. The van der Waals surface area contributed by atoms with Gasteiger partial charge >= 0.3 is 0 Å². The Balaban J connectivity index is 1.50. The first-order valence-electron chi connectivity index (χ1n) is 11.0. The maximum atomic E-state index is 14.2. The first kappa shape index (κ1) is 21.4. The Morgan fingerprint density at radius 3 is 2.71 bits per heavy atom. The van der Waals surface area contributed by atoms with Crippen LogP contribution in [0.1, 0.15) is 67.3 Å². The number of halogens is 1. The van der Waals surface area contributed by atoms with Gasteiger partial charge in [-0.05, 0) is 55.7 Å². The Hall–Kier alpha value is -2.86. The van der Waals surface area contributed by atoms with Crippen LogP contribution in [0, 0.1) is 5.82 Å². The maximum absolute atomic E-state index is 14.2. The highest BCUT2D eigenvalue weighted by molar-refractivity contribution is 5.99. The molecule has 0 bridgehead atoms. The van der Waals surface area contributed by atoms with Crippen LogP contribution in [0.25, 0.3) is 10.9 Å². The molecule has 1 aliphatic rings. The number of carbonyl (C=O) groups is 1. The van der Waals surface area contributed by atoms with Gasteiger partial charge < -0.3 is 10.4 Å². The monoisotopic (exact) mass is 421 g/mol. The number of aliphatic hydroxyl groups excluding tert-OH is 1. The van der Waals surface area contributed by atoms with Crippen molar-refractivity contribution >= 4 is 22.6 Å². The SMILES string of the molecule is CCC(CC(=O)c1ccc2cnc(NC3CCC(O)CC3)nc2c1)c1ccccc1F. The van der Waals surface area contributed by atoms with E-state index in [0.717, 1.165) is 31.1 Å². The van der Waals surface area contributed by atoms with E-state index in [9.17, 15) is 14.3 Å². The molecule has 1 aromatic heterocycles. The third kappa shape index (κ3) is 5.07. The molecule has 0 radical (unpaired) electrons. The molecular formula is C25H28FN3O2. The molecule has 1 unspecified atom stereocenters. The summed E-state index contributed by atoms with van der Waals surface area (Å²) < 4.78 is 14.2. The van der Waals surface area contributed by atoms with Crippen LogP contribution in [0.3, 0.4) is 0 Å². The van der Waals surface area contributed by atoms with Gasteiger partial charge in [-0.15, -0.1) is 0 Å². The number of fused-ring (bicyclic) bond motifs is 1. The number of aliphatic hydroxyl groups is 1. The smallest absolute Gasteiger partial charge is 0.223 e. The van der Waals surface area contributed by atoms with E-state index in [1.807, 2.05) is 13.0 Å². The second-order valence-corrected chi connectivity index (χ2v) is 8.37. The highest BCUT2D eigenvalue weighted by Crippen LogP contribution is 2.28. The number of aromatic nitrogens is 2. The fourth-order valence-electron chi connectivity index (χ4n) is 4.29. The Kier molecular flexibility index (Phi) is 6.56. The van der Waals surface area contributed by atoms with Gasteiger partial charge in [0, 0.05) is 29.6 Å². The van der Waals surface area contributed by atoms with Crippen LogP contribution < -0.4 is 5.32 Å². The molecule has 2 N–H and O–H groups in total. The lowest BCUT2D eigenvalue weighted by molar-refractivity contribution is 0.0972. The van der Waals surface area contributed by atoms with Crippen molar-refractivity contribution in [2.24, 2.45) is 0 Å². The Morgan fingerprint density at radius 2 is 1.97 bits per heavy atom. The van der Waals surface area contributed by atoms with Crippen molar-refractivity contribution < 1.29 is 14.3 Å². The predicted molar refractivity (Wildman–Crippen MR) is 120 cm³/mol. The zero-order chi connectivity index (χ0) is 21.8. The molecule has 0 aliphatic heterocycles. The Labute approximate surface area is 181 Å². The molecular weight excluding hydrogens is 393 g/mol. The van der Waals surface area contributed by atoms with Crippen molar-refractivity contribution in [2.75, 3.05) is 5.32 Å². The van der Waals surface area contributed by atoms with Gasteiger partial charge in [-0.25, -0.2) is 14.4 Å². The van der Waals surface area contributed by atoms with Gasteiger partial charge in [0.2, 0.25) is 5.95 Å². The second-order valence-electron chi connectivity index (χ2n) is 8.37. The van der Waals surface area contributed by atoms with Crippen molar-refractivity contribution in [2.45, 2.75) is 63.5 Å². The average molecular weight is 422 g/mol. The summed E-state index contributed by atoms with van der Waals surface area (Å²) in [5, 5.41) is 13.9. The molecule has 0 amide bonds. The van der Waals surface area contributed by atoms with Crippen molar-refractivity contribution in [3.8, 4) is 0 Å². The summed E-state index contributed by atoms with van der Waals surface area (Å²) in [7, 11) is 0. The minimum absolute atomic E-state index is 0.0219. The number of rotatable bonds is 7. The minimum Gasteiger partial charge on any atom is -0.393 e. The first-order chi connectivity index (χ1) is 15.0. The van der Waals surface area contributed by atoms with Crippen molar-refractivity contribution in [1.82, 2.24) is 9.97 Å². The molecule has 1 saturated carbocycles. The summed E-state index contributed by atoms with van der Waals surface area (Å²) in [4.78, 5) is 22.0. The van der Waals surface area contributed by atoms with Crippen molar-refractivity contribution in [1.29, 1.82) is 0 Å². The summed E-state index contributed by atoms with van der Waals surface area (Å²) in [5.41, 5.74) is 1.87. The van der Waals surface area contributed by atoms with Gasteiger partial charge in [0.25, 0.3) is 0 Å². The number of hydrogen-bond donors (Lipinski definition) is 2. The van der Waals surface area contributed by atoms with Crippen LogP contribution in [-0.4, -0.2) is 33.0 Å². The number of nitrogens with zero attached hydrogens (tertiary/aromatic N) is 2. The van der Waals surface area contributed by atoms with E-state index in [2.05, 4.69) is 15.3 Å². The summed E-state index contributed by atoms with van der Waals surface area (Å²) in [6.07, 6.45) is 5.82. The van der Waals surface area contributed by atoms with E-state index in [0.29, 0.717) is 29.0 Å². The lowest BCUT2D eigenvalue weighted by atomic mass is 9.89.